The van der Waals surface area contributed by atoms with Crippen LogP contribution in [0.4, 0.5) is 0 Å². The largest absolute Gasteiger partial charge is 0.423 e. The SMILES string of the molecule is CO[SiH]1CCCC1C1CCCO1. The number of rotatable bonds is 2. The summed E-state index contributed by atoms with van der Waals surface area (Å²) in [6.07, 6.45) is 5.89. The maximum absolute atomic E-state index is 5.72. The molecule has 0 aliphatic carbocycles. The zero-order valence-corrected chi connectivity index (χ0v) is 8.95. The maximum Gasteiger partial charge on any atom is 0.182 e. The second-order valence-electron chi connectivity index (χ2n) is 3.92. The van der Waals surface area contributed by atoms with Crippen LogP contribution in [0.2, 0.25) is 11.6 Å². The summed E-state index contributed by atoms with van der Waals surface area (Å²) >= 11 is 0. The molecule has 70 valence electrons. The van der Waals surface area contributed by atoms with E-state index in [1.165, 1.54) is 31.7 Å². The van der Waals surface area contributed by atoms with Crippen LogP contribution in [-0.2, 0) is 9.16 Å². The van der Waals surface area contributed by atoms with Crippen LogP contribution in [0.1, 0.15) is 25.7 Å². The summed E-state index contributed by atoms with van der Waals surface area (Å²) in [6.45, 7) is 0.992. The Kier molecular flexibility index (Phi) is 2.83. The summed E-state index contributed by atoms with van der Waals surface area (Å²) in [6, 6.07) is 1.38. The maximum atomic E-state index is 5.72. The first kappa shape index (κ1) is 8.72. The Hall–Kier alpha value is 0.137. The van der Waals surface area contributed by atoms with Gasteiger partial charge in [-0.05, 0) is 25.3 Å². The lowest BCUT2D eigenvalue weighted by atomic mass is 10.1. The molecule has 12 heavy (non-hydrogen) atoms. The summed E-state index contributed by atoms with van der Waals surface area (Å²) in [7, 11) is 1.04. The van der Waals surface area contributed by atoms with Gasteiger partial charge in [0.2, 0.25) is 0 Å². The molecule has 3 atom stereocenters. The highest BCUT2D eigenvalue weighted by Crippen LogP contribution is 2.38. The molecule has 0 saturated carbocycles. The summed E-state index contributed by atoms with van der Waals surface area (Å²) in [5, 5.41) is 0. The lowest BCUT2D eigenvalue weighted by Gasteiger charge is -2.22. The summed E-state index contributed by atoms with van der Waals surface area (Å²) in [5.74, 6) is 0. The molecule has 0 aromatic heterocycles. The van der Waals surface area contributed by atoms with E-state index in [1.54, 1.807) is 0 Å². The first-order valence-corrected chi connectivity index (χ1v) is 7.01. The molecule has 0 bridgehead atoms. The molecule has 0 N–H and O–H groups in total. The standard InChI is InChI=1S/C9H18O2Si/c1-10-12-7-3-5-9(12)8-4-2-6-11-8/h8-9,12H,2-7H2,1H3. The van der Waals surface area contributed by atoms with E-state index >= 15 is 0 Å². The monoisotopic (exact) mass is 186 g/mol. The van der Waals surface area contributed by atoms with E-state index < -0.39 is 9.04 Å². The van der Waals surface area contributed by atoms with Gasteiger partial charge in [-0.25, -0.2) is 0 Å². The normalized spacial score (nSPS) is 42.2. The van der Waals surface area contributed by atoms with E-state index in [2.05, 4.69) is 0 Å². The van der Waals surface area contributed by atoms with Crippen molar-refractivity contribution < 1.29 is 9.16 Å². The smallest absolute Gasteiger partial charge is 0.182 e. The average Bonchev–Trinajstić information content (AvgIpc) is 2.74. The predicted molar refractivity (Wildman–Crippen MR) is 50.9 cm³/mol. The van der Waals surface area contributed by atoms with Crippen molar-refractivity contribution in [2.45, 2.75) is 43.4 Å². The lowest BCUT2D eigenvalue weighted by molar-refractivity contribution is 0.100. The Balaban J connectivity index is 1.92. The van der Waals surface area contributed by atoms with E-state index in [-0.39, 0.29) is 0 Å². The number of hydrogen-bond donors (Lipinski definition) is 0. The van der Waals surface area contributed by atoms with Crippen molar-refractivity contribution in [3.05, 3.63) is 0 Å². The first-order valence-electron chi connectivity index (χ1n) is 5.06. The second-order valence-corrected chi connectivity index (χ2v) is 6.90. The van der Waals surface area contributed by atoms with Gasteiger partial charge in [0.15, 0.2) is 9.04 Å². The molecule has 0 aromatic carbocycles. The quantitative estimate of drug-likeness (QED) is 0.611. The molecule has 2 fully saturated rings. The fourth-order valence-corrected chi connectivity index (χ4v) is 5.65. The van der Waals surface area contributed by atoms with E-state index in [4.69, 9.17) is 9.16 Å². The highest BCUT2D eigenvalue weighted by Gasteiger charge is 2.37. The van der Waals surface area contributed by atoms with Gasteiger partial charge in [0.25, 0.3) is 0 Å². The van der Waals surface area contributed by atoms with Crippen LogP contribution >= 0.6 is 0 Å². The molecule has 2 heterocycles. The Morgan fingerprint density at radius 1 is 1.33 bits per heavy atom. The van der Waals surface area contributed by atoms with E-state index in [0.717, 1.165) is 12.1 Å². The Labute approximate surface area is 76.0 Å². The molecule has 2 aliphatic heterocycles. The van der Waals surface area contributed by atoms with Gasteiger partial charge in [-0.3, -0.25) is 0 Å². The van der Waals surface area contributed by atoms with Gasteiger partial charge in [0.05, 0.1) is 6.10 Å². The lowest BCUT2D eigenvalue weighted by Crippen LogP contribution is -2.27. The van der Waals surface area contributed by atoms with Gasteiger partial charge < -0.3 is 9.16 Å². The molecule has 0 amide bonds. The third-order valence-corrected chi connectivity index (χ3v) is 6.55. The van der Waals surface area contributed by atoms with Gasteiger partial charge >= 0.3 is 0 Å². The van der Waals surface area contributed by atoms with Crippen molar-refractivity contribution in [2.75, 3.05) is 13.7 Å². The third kappa shape index (κ3) is 1.58. The molecule has 3 unspecified atom stereocenters. The topological polar surface area (TPSA) is 18.5 Å². The van der Waals surface area contributed by atoms with Crippen LogP contribution in [0.3, 0.4) is 0 Å². The van der Waals surface area contributed by atoms with Gasteiger partial charge in [0, 0.05) is 19.3 Å². The molecular weight excluding hydrogens is 168 g/mol. The molecular formula is C9H18O2Si. The van der Waals surface area contributed by atoms with Gasteiger partial charge in [-0.1, -0.05) is 6.42 Å². The van der Waals surface area contributed by atoms with Gasteiger partial charge in [0.1, 0.15) is 0 Å². The van der Waals surface area contributed by atoms with Crippen LogP contribution < -0.4 is 0 Å². The Bertz CT molecular complexity index is 145. The van der Waals surface area contributed by atoms with E-state index in [9.17, 15) is 0 Å². The molecule has 0 radical (unpaired) electrons. The van der Waals surface area contributed by atoms with Crippen LogP contribution in [-0.4, -0.2) is 28.9 Å². The summed E-state index contributed by atoms with van der Waals surface area (Å²) in [4.78, 5) is 0. The minimum Gasteiger partial charge on any atom is -0.423 e. The third-order valence-electron chi connectivity index (χ3n) is 3.25. The van der Waals surface area contributed by atoms with Crippen LogP contribution in [0.25, 0.3) is 0 Å². The zero-order valence-electron chi connectivity index (χ0n) is 7.79. The fraction of sp³-hybridized carbons (Fsp3) is 1.00. The van der Waals surface area contributed by atoms with Crippen LogP contribution in [0.15, 0.2) is 0 Å². The molecule has 2 nitrogen and oxygen atoms in total. The first-order chi connectivity index (χ1) is 5.92. The molecule has 0 aromatic rings. The fourth-order valence-electron chi connectivity index (χ4n) is 2.61. The van der Waals surface area contributed by atoms with Crippen molar-refractivity contribution in [3.8, 4) is 0 Å². The van der Waals surface area contributed by atoms with Crippen molar-refractivity contribution in [1.82, 2.24) is 0 Å². The zero-order chi connectivity index (χ0) is 8.39. The van der Waals surface area contributed by atoms with Gasteiger partial charge in [-0.15, -0.1) is 0 Å². The highest BCUT2D eigenvalue weighted by atomic mass is 28.3. The minimum absolute atomic E-state index is 0.573. The predicted octanol–water partition coefficient (Wildman–Crippen LogP) is 1.70. The number of hydrogen-bond acceptors (Lipinski definition) is 2. The highest BCUT2D eigenvalue weighted by molar-refractivity contribution is 6.54. The van der Waals surface area contributed by atoms with Crippen molar-refractivity contribution in [2.24, 2.45) is 0 Å². The second kappa shape index (κ2) is 3.90. The Morgan fingerprint density at radius 2 is 2.25 bits per heavy atom. The Morgan fingerprint density at radius 3 is 2.92 bits per heavy atom. The summed E-state index contributed by atoms with van der Waals surface area (Å²) < 4.78 is 11.3. The minimum atomic E-state index is -0.853. The van der Waals surface area contributed by atoms with Crippen molar-refractivity contribution >= 4 is 9.04 Å². The van der Waals surface area contributed by atoms with E-state index in [0.29, 0.717) is 6.10 Å². The van der Waals surface area contributed by atoms with Crippen molar-refractivity contribution in [3.63, 3.8) is 0 Å². The van der Waals surface area contributed by atoms with E-state index in [1.807, 2.05) is 7.11 Å². The van der Waals surface area contributed by atoms with Crippen LogP contribution in [0, 0.1) is 0 Å². The molecule has 2 rings (SSSR count). The average molecular weight is 186 g/mol. The molecule has 2 aliphatic rings. The summed E-state index contributed by atoms with van der Waals surface area (Å²) in [5.41, 5.74) is 0.831. The molecule has 0 spiro atoms. The number of ether oxygens (including phenoxy) is 1. The van der Waals surface area contributed by atoms with Crippen molar-refractivity contribution in [1.29, 1.82) is 0 Å². The van der Waals surface area contributed by atoms with Gasteiger partial charge in [-0.2, -0.15) is 0 Å². The molecule has 2 saturated heterocycles. The molecule has 3 heteroatoms. The van der Waals surface area contributed by atoms with Crippen LogP contribution in [0.5, 0.6) is 0 Å².